The summed E-state index contributed by atoms with van der Waals surface area (Å²) in [5.74, 6) is 0.732. The Morgan fingerprint density at radius 2 is 2.07 bits per heavy atom. The van der Waals surface area contributed by atoms with Crippen molar-refractivity contribution in [1.29, 1.82) is 0 Å². The molecule has 0 fully saturated rings. The molecule has 0 heterocycles. The lowest BCUT2D eigenvalue weighted by atomic mass is 9.85. The Morgan fingerprint density at radius 1 is 1.43 bits per heavy atom. The van der Waals surface area contributed by atoms with Crippen LogP contribution in [0.2, 0.25) is 0 Å². The monoisotopic (exact) mass is 197 g/mol. The van der Waals surface area contributed by atoms with Crippen molar-refractivity contribution in [3.8, 4) is 0 Å². The summed E-state index contributed by atoms with van der Waals surface area (Å²) in [5, 5.41) is 3.51. The number of nitrogens with one attached hydrogen (secondary N) is 1. The molecule has 1 atom stereocenters. The standard InChI is InChI=1S/C13H27N/c1-6-8-9-13(5,7-2)11-14-10-12(3)4/h7,12,14H,2,6,8-11H2,1,3-5H3. The molecule has 0 radical (unpaired) electrons. The summed E-state index contributed by atoms with van der Waals surface area (Å²) in [6, 6.07) is 0. The molecule has 0 aromatic heterocycles. The zero-order chi connectivity index (χ0) is 11.0. The Balaban J connectivity index is 3.80. The van der Waals surface area contributed by atoms with Gasteiger partial charge in [0.05, 0.1) is 0 Å². The zero-order valence-corrected chi connectivity index (χ0v) is 10.4. The van der Waals surface area contributed by atoms with E-state index in [0.717, 1.165) is 19.0 Å². The van der Waals surface area contributed by atoms with E-state index in [4.69, 9.17) is 0 Å². The Hall–Kier alpha value is -0.300. The highest BCUT2D eigenvalue weighted by Gasteiger charge is 2.18. The molecule has 1 heteroatoms. The molecular formula is C13H27N. The fraction of sp³-hybridized carbons (Fsp3) is 0.846. The van der Waals surface area contributed by atoms with Crippen LogP contribution in [0, 0.1) is 11.3 Å². The average molecular weight is 197 g/mol. The van der Waals surface area contributed by atoms with Crippen LogP contribution in [-0.4, -0.2) is 13.1 Å². The van der Waals surface area contributed by atoms with Gasteiger partial charge in [-0.1, -0.05) is 46.6 Å². The molecule has 0 saturated carbocycles. The van der Waals surface area contributed by atoms with Gasteiger partial charge in [0.15, 0.2) is 0 Å². The molecule has 0 bridgehead atoms. The van der Waals surface area contributed by atoms with Crippen LogP contribution in [0.1, 0.15) is 47.0 Å². The predicted molar refractivity (Wildman–Crippen MR) is 65.5 cm³/mol. The van der Waals surface area contributed by atoms with Gasteiger partial charge in [-0.15, -0.1) is 6.58 Å². The summed E-state index contributed by atoms with van der Waals surface area (Å²) >= 11 is 0. The predicted octanol–water partition coefficient (Wildman–Crippen LogP) is 3.61. The molecular weight excluding hydrogens is 170 g/mol. The van der Waals surface area contributed by atoms with Gasteiger partial charge >= 0.3 is 0 Å². The van der Waals surface area contributed by atoms with Crippen molar-refractivity contribution >= 4 is 0 Å². The normalized spacial score (nSPS) is 15.5. The fourth-order valence-corrected chi connectivity index (χ4v) is 1.49. The van der Waals surface area contributed by atoms with Crippen LogP contribution in [0.5, 0.6) is 0 Å². The first kappa shape index (κ1) is 13.7. The van der Waals surface area contributed by atoms with Gasteiger partial charge in [-0.25, -0.2) is 0 Å². The molecule has 0 rings (SSSR count). The largest absolute Gasteiger partial charge is 0.316 e. The van der Waals surface area contributed by atoms with Crippen molar-refractivity contribution in [2.75, 3.05) is 13.1 Å². The number of rotatable bonds is 8. The molecule has 0 aliphatic heterocycles. The maximum atomic E-state index is 3.94. The second kappa shape index (κ2) is 7.05. The molecule has 1 N–H and O–H groups in total. The maximum absolute atomic E-state index is 3.94. The quantitative estimate of drug-likeness (QED) is 0.586. The minimum Gasteiger partial charge on any atom is -0.316 e. The van der Waals surface area contributed by atoms with Crippen molar-refractivity contribution in [3.63, 3.8) is 0 Å². The first-order valence-corrected chi connectivity index (χ1v) is 5.88. The van der Waals surface area contributed by atoms with Gasteiger partial charge in [-0.2, -0.15) is 0 Å². The fourth-order valence-electron chi connectivity index (χ4n) is 1.49. The highest BCUT2D eigenvalue weighted by molar-refractivity contribution is 4.92. The van der Waals surface area contributed by atoms with Crippen molar-refractivity contribution in [2.24, 2.45) is 11.3 Å². The van der Waals surface area contributed by atoms with Gasteiger partial charge in [0.25, 0.3) is 0 Å². The van der Waals surface area contributed by atoms with Crippen LogP contribution in [0.4, 0.5) is 0 Å². The lowest BCUT2D eigenvalue weighted by Crippen LogP contribution is -2.32. The van der Waals surface area contributed by atoms with Crippen LogP contribution >= 0.6 is 0 Å². The van der Waals surface area contributed by atoms with E-state index in [1.54, 1.807) is 0 Å². The Bertz CT molecular complexity index is 151. The van der Waals surface area contributed by atoms with E-state index in [2.05, 4.69) is 45.7 Å². The molecule has 1 nitrogen and oxygen atoms in total. The highest BCUT2D eigenvalue weighted by Crippen LogP contribution is 2.24. The van der Waals surface area contributed by atoms with E-state index in [1.165, 1.54) is 19.3 Å². The van der Waals surface area contributed by atoms with Gasteiger partial charge in [-0.05, 0) is 24.3 Å². The summed E-state index contributed by atoms with van der Waals surface area (Å²) in [6.45, 7) is 15.1. The second-order valence-corrected chi connectivity index (χ2v) is 4.99. The van der Waals surface area contributed by atoms with Crippen LogP contribution < -0.4 is 5.32 Å². The maximum Gasteiger partial charge on any atom is 0.00399 e. The third-order valence-corrected chi connectivity index (χ3v) is 2.68. The van der Waals surface area contributed by atoms with Gasteiger partial charge < -0.3 is 5.32 Å². The Labute approximate surface area is 90.0 Å². The van der Waals surface area contributed by atoms with Crippen molar-refractivity contribution in [2.45, 2.75) is 47.0 Å². The minimum absolute atomic E-state index is 0.283. The number of hydrogen-bond donors (Lipinski definition) is 1. The van der Waals surface area contributed by atoms with Gasteiger partial charge in [0.2, 0.25) is 0 Å². The highest BCUT2D eigenvalue weighted by atomic mass is 14.9. The van der Waals surface area contributed by atoms with E-state index in [-0.39, 0.29) is 5.41 Å². The van der Waals surface area contributed by atoms with Gasteiger partial charge in [0.1, 0.15) is 0 Å². The molecule has 0 amide bonds. The Kier molecular flexibility index (Phi) is 6.90. The van der Waals surface area contributed by atoms with Crippen LogP contribution in [0.3, 0.4) is 0 Å². The van der Waals surface area contributed by atoms with Crippen molar-refractivity contribution < 1.29 is 0 Å². The molecule has 0 aromatic carbocycles. The van der Waals surface area contributed by atoms with E-state index in [9.17, 15) is 0 Å². The molecule has 1 unspecified atom stereocenters. The van der Waals surface area contributed by atoms with Crippen LogP contribution in [-0.2, 0) is 0 Å². The molecule has 0 spiro atoms. The molecule has 84 valence electrons. The molecule has 0 aliphatic rings. The SMILES string of the molecule is C=CC(C)(CCCC)CNCC(C)C. The molecule has 0 aromatic rings. The lowest BCUT2D eigenvalue weighted by Gasteiger charge is -2.26. The molecule has 14 heavy (non-hydrogen) atoms. The minimum atomic E-state index is 0.283. The average Bonchev–Trinajstić information content (AvgIpc) is 2.14. The third kappa shape index (κ3) is 6.20. The van der Waals surface area contributed by atoms with Gasteiger partial charge in [-0.3, -0.25) is 0 Å². The van der Waals surface area contributed by atoms with Crippen LogP contribution in [0.25, 0.3) is 0 Å². The Morgan fingerprint density at radius 3 is 2.50 bits per heavy atom. The molecule has 0 aliphatic carbocycles. The zero-order valence-electron chi connectivity index (χ0n) is 10.4. The summed E-state index contributed by atoms with van der Waals surface area (Å²) < 4.78 is 0. The third-order valence-electron chi connectivity index (χ3n) is 2.68. The number of unbranched alkanes of at least 4 members (excludes halogenated alkanes) is 1. The van der Waals surface area contributed by atoms with Crippen molar-refractivity contribution in [3.05, 3.63) is 12.7 Å². The second-order valence-electron chi connectivity index (χ2n) is 4.99. The van der Waals surface area contributed by atoms with E-state index >= 15 is 0 Å². The van der Waals surface area contributed by atoms with Crippen molar-refractivity contribution in [1.82, 2.24) is 5.32 Å². The topological polar surface area (TPSA) is 12.0 Å². The van der Waals surface area contributed by atoms with Gasteiger partial charge in [0, 0.05) is 6.54 Å². The summed E-state index contributed by atoms with van der Waals surface area (Å²) in [6.07, 6.45) is 5.92. The van der Waals surface area contributed by atoms with E-state index < -0.39 is 0 Å². The summed E-state index contributed by atoms with van der Waals surface area (Å²) in [4.78, 5) is 0. The number of hydrogen-bond acceptors (Lipinski definition) is 1. The first-order chi connectivity index (χ1) is 6.54. The smallest absolute Gasteiger partial charge is 0.00399 e. The summed E-state index contributed by atoms with van der Waals surface area (Å²) in [7, 11) is 0. The molecule has 0 saturated heterocycles. The van der Waals surface area contributed by atoms with E-state index in [0.29, 0.717) is 0 Å². The summed E-state index contributed by atoms with van der Waals surface area (Å²) in [5.41, 5.74) is 0.283. The lowest BCUT2D eigenvalue weighted by molar-refractivity contribution is 0.344. The van der Waals surface area contributed by atoms with E-state index in [1.807, 2.05) is 0 Å². The first-order valence-electron chi connectivity index (χ1n) is 5.88. The van der Waals surface area contributed by atoms with Crippen LogP contribution in [0.15, 0.2) is 12.7 Å².